The third-order valence-electron chi connectivity index (χ3n) is 9.80. The smallest absolute Gasteiger partial charge is 0.314 e. The van der Waals surface area contributed by atoms with E-state index in [4.69, 9.17) is 4.74 Å². The fourth-order valence-corrected chi connectivity index (χ4v) is 6.97. The number of esters is 1. The van der Waals surface area contributed by atoms with Crippen LogP contribution in [0, 0.1) is 25.1 Å². The zero-order chi connectivity index (χ0) is 36.0. The summed E-state index contributed by atoms with van der Waals surface area (Å²) in [7, 11) is 0. The Kier molecular flexibility index (Phi) is 11.1. The number of aryl methyl sites for hydroxylation is 2. The molecule has 1 aromatic heterocycles. The molecular weight excluding hydrogens is 637 g/mol. The number of aromatic amines is 1. The van der Waals surface area contributed by atoms with Crippen molar-refractivity contribution in [3.05, 3.63) is 123 Å². The Morgan fingerprint density at radius 3 is 2.40 bits per heavy atom. The Labute approximate surface area is 291 Å². The van der Waals surface area contributed by atoms with E-state index in [9.17, 15) is 23.6 Å². The number of hydrogen-bond donors (Lipinski definition) is 3. The van der Waals surface area contributed by atoms with Crippen LogP contribution in [0.3, 0.4) is 0 Å². The highest BCUT2D eigenvalue weighted by molar-refractivity contribution is 5.98. The molecule has 0 saturated carbocycles. The Morgan fingerprint density at radius 2 is 1.72 bits per heavy atom. The second kappa shape index (κ2) is 15.5. The molecule has 0 bridgehead atoms. The first-order valence-electron chi connectivity index (χ1n) is 17.0. The number of ether oxygens (including phenoxy) is 1. The molecule has 1 aliphatic heterocycles. The van der Waals surface area contributed by atoms with E-state index in [-0.39, 0.29) is 24.0 Å². The van der Waals surface area contributed by atoms with Crippen LogP contribution in [0.15, 0.2) is 83.7 Å². The minimum Gasteiger partial charge on any atom is -0.460 e. The molecule has 2 amide bonds. The van der Waals surface area contributed by atoms with Crippen LogP contribution in [-0.2, 0) is 20.9 Å². The van der Waals surface area contributed by atoms with Gasteiger partial charge in [-0.1, -0.05) is 56.3 Å². The van der Waals surface area contributed by atoms with Gasteiger partial charge in [0.2, 0.25) is 5.91 Å². The molecule has 262 valence electrons. The van der Waals surface area contributed by atoms with Crippen LogP contribution in [0.4, 0.5) is 15.8 Å². The van der Waals surface area contributed by atoms with Crippen LogP contribution >= 0.6 is 0 Å². The summed E-state index contributed by atoms with van der Waals surface area (Å²) in [5, 5.41) is 12.3. The van der Waals surface area contributed by atoms with E-state index >= 15 is 0 Å². The quantitative estimate of drug-likeness (QED) is 0.142. The second-order valence-corrected chi connectivity index (χ2v) is 12.9. The largest absolute Gasteiger partial charge is 0.460 e. The van der Waals surface area contributed by atoms with Crippen molar-refractivity contribution in [2.75, 3.05) is 5.32 Å². The molecule has 4 aromatic rings. The lowest BCUT2D eigenvalue weighted by Gasteiger charge is -2.43. The number of likely N-dealkylation sites (tertiary alicyclic amines) is 1. The van der Waals surface area contributed by atoms with E-state index in [1.807, 2.05) is 44.2 Å². The van der Waals surface area contributed by atoms with Crippen LogP contribution < -0.4 is 16.2 Å². The predicted molar refractivity (Wildman–Crippen MR) is 189 cm³/mol. The van der Waals surface area contributed by atoms with Crippen LogP contribution in [0.25, 0.3) is 0 Å². The van der Waals surface area contributed by atoms with Gasteiger partial charge in [-0.05, 0) is 99.5 Å². The molecule has 0 aliphatic carbocycles. The Hall–Kier alpha value is -5.32. The first kappa shape index (κ1) is 36.0. The topological polar surface area (TPSA) is 133 Å². The first-order chi connectivity index (χ1) is 24.0. The molecule has 0 radical (unpaired) electrons. The summed E-state index contributed by atoms with van der Waals surface area (Å²) < 4.78 is 20.4. The Bertz CT molecular complexity index is 1910. The molecule has 3 aromatic carbocycles. The van der Waals surface area contributed by atoms with Gasteiger partial charge in [-0.2, -0.15) is 5.10 Å². The number of halogens is 1. The van der Waals surface area contributed by atoms with Gasteiger partial charge in [0.15, 0.2) is 0 Å². The zero-order valence-corrected chi connectivity index (χ0v) is 29.1. The van der Waals surface area contributed by atoms with Crippen molar-refractivity contribution in [3.63, 3.8) is 0 Å². The van der Waals surface area contributed by atoms with Crippen molar-refractivity contribution in [2.45, 2.75) is 85.0 Å². The van der Waals surface area contributed by atoms with Gasteiger partial charge >= 0.3 is 5.97 Å². The monoisotopic (exact) mass is 681 g/mol. The van der Waals surface area contributed by atoms with Crippen molar-refractivity contribution >= 4 is 29.2 Å². The van der Waals surface area contributed by atoms with Gasteiger partial charge in [0.25, 0.3) is 11.5 Å². The molecule has 3 N–H and O–H groups in total. The number of nitrogens with zero attached hydrogens (tertiary/aromatic N) is 2. The summed E-state index contributed by atoms with van der Waals surface area (Å²) in [6.07, 6.45) is 1.87. The van der Waals surface area contributed by atoms with Crippen molar-refractivity contribution in [2.24, 2.45) is 5.41 Å². The van der Waals surface area contributed by atoms with Crippen LogP contribution in [0.1, 0.15) is 85.2 Å². The molecule has 1 saturated heterocycles. The van der Waals surface area contributed by atoms with Crippen molar-refractivity contribution in [1.82, 2.24) is 20.4 Å². The molecule has 2 heterocycles. The normalized spacial score (nSPS) is 16.5. The Morgan fingerprint density at radius 1 is 0.980 bits per heavy atom. The summed E-state index contributed by atoms with van der Waals surface area (Å²) in [6, 6.07) is 20.2. The number of hydrogen-bond acceptors (Lipinski definition) is 7. The molecule has 10 nitrogen and oxygen atoms in total. The zero-order valence-electron chi connectivity index (χ0n) is 29.1. The van der Waals surface area contributed by atoms with Gasteiger partial charge in [-0.15, -0.1) is 0 Å². The average molecular weight is 682 g/mol. The number of amides is 2. The molecule has 3 atom stereocenters. The van der Waals surface area contributed by atoms with Crippen molar-refractivity contribution < 1.29 is 23.5 Å². The van der Waals surface area contributed by atoms with Crippen LogP contribution in [0.2, 0.25) is 0 Å². The minimum atomic E-state index is -1.02. The highest BCUT2D eigenvalue weighted by atomic mass is 19.1. The maximum atomic E-state index is 14.5. The number of H-pyrrole nitrogens is 1. The third kappa shape index (κ3) is 7.61. The van der Waals surface area contributed by atoms with E-state index in [1.54, 1.807) is 62.1 Å². The van der Waals surface area contributed by atoms with Gasteiger partial charge in [-0.3, -0.25) is 19.2 Å². The lowest BCUT2D eigenvalue weighted by Crippen LogP contribution is -2.56. The van der Waals surface area contributed by atoms with Gasteiger partial charge in [0, 0.05) is 17.3 Å². The molecule has 11 heteroatoms. The number of benzene rings is 3. The van der Waals surface area contributed by atoms with Crippen molar-refractivity contribution in [1.29, 1.82) is 0 Å². The number of carbonyl (C=O) groups is 3. The third-order valence-corrected chi connectivity index (χ3v) is 9.80. The summed E-state index contributed by atoms with van der Waals surface area (Å²) >= 11 is 0. The number of anilines is 2. The number of nitrogens with one attached hydrogen (secondary N) is 3. The van der Waals surface area contributed by atoms with Crippen LogP contribution in [-0.4, -0.2) is 45.0 Å². The van der Waals surface area contributed by atoms with Gasteiger partial charge in [0.05, 0.1) is 17.2 Å². The van der Waals surface area contributed by atoms with Gasteiger partial charge < -0.3 is 20.3 Å². The SMILES string of the molecule is CCC(CC)(C(=O)OCc1ccccc1)[C@H]1CC[C@@H](c2cccc(F)c2)N1C(=O)[C@@H](C)NC(=O)c1ccc(Nc2cc(C)n[nH]c2=O)c(C)c1. The Balaban J connectivity index is 1.39. The van der Waals surface area contributed by atoms with Crippen molar-refractivity contribution in [3.8, 4) is 0 Å². The summed E-state index contributed by atoms with van der Waals surface area (Å²) in [4.78, 5) is 55.9. The van der Waals surface area contributed by atoms with E-state index in [1.165, 1.54) is 12.1 Å². The summed E-state index contributed by atoms with van der Waals surface area (Å²) in [6.45, 7) is 9.13. The van der Waals surface area contributed by atoms with E-state index in [0.717, 1.165) is 5.56 Å². The number of rotatable bonds is 12. The highest BCUT2D eigenvalue weighted by Gasteiger charge is 2.53. The fourth-order valence-electron chi connectivity index (χ4n) is 6.97. The number of aromatic nitrogens is 2. The first-order valence-corrected chi connectivity index (χ1v) is 17.0. The van der Waals surface area contributed by atoms with E-state index < -0.39 is 35.3 Å². The molecule has 0 spiro atoms. The predicted octanol–water partition coefficient (Wildman–Crippen LogP) is 6.67. The maximum absolute atomic E-state index is 14.5. The summed E-state index contributed by atoms with van der Waals surface area (Å²) in [5.74, 6) is -1.65. The molecule has 1 aliphatic rings. The summed E-state index contributed by atoms with van der Waals surface area (Å²) in [5.41, 5.74) is 2.72. The average Bonchev–Trinajstić information content (AvgIpc) is 3.56. The minimum absolute atomic E-state index is 0.105. The van der Waals surface area contributed by atoms with Gasteiger partial charge in [0.1, 0.15) is 24.2 Å². The standard InChI is InChI=1S/C39H44FN5O5/c1-6-39(7-2,38(49)50-23-27-12-9-8-10-13-27)34-19-18-33(28-14-11-15-30(40)22-28)45(34)37(48)26(5)41-35(46)29-16-17-31(24(3)20-29)42-32-21-25(4)43-44-36(32)47/h8-17,20-22,26,33-34H,6-7,18-19,23H2,1-5H3,(H,41,46)(H,42,43)(H,44,47)/t26-,33+,34-/m1/s1. The molecule has 50 heavy (non-hydrogen) atoms. The lowest BCUT2D eigenvalue weighted by atomic mass is 9.74. The maximum Gasteiger partial charge on any atom is 0.314 e. The molecule has 5 rings (SSSR count). The van der Waals surface area contributed by atoms with Gasteiger partial charge in [-0.25, -0.2) is 9.49 Å². The second-order valence-electron chi connectivity index (χ2n) is 12.9. The van der Waals surface area contributed by atoms with E-state index in [2.05, 4.69) is 20.8 Å². The highest BCUT2D eigenvalue weighted by Crippen LogP contribution is 2.47. The lowest BCUT2D eigenvalue weighted by molar-refractivity contribution is -0.164. The molecule has 0 unspecified atom stereocenters. The van der Waals surface area contributed by atoms with Crippen LogP contribution in [0.5, 0.6) is 0 Å². The fraction of sp³-hybridized carbons (Fsp3) is 0.359. The molecular formula is C39H44FN5O5. The molecule has 1 fully saturated rings. The number of carbonyl (C=O) groups excluding carboxylic acids is 3. The van der Waals surface area contributed by atoms with E-state index in [0.29, 0.717) is 59.4 Å².